The van der Waals surface area contributed by atoms with Gasteiger partial charge in [0.15, 0.2) is 5.82 Å². The number of ether oxygens (including phenoxy) is 1. The number of esters is 1. The van der Waals surface area contributed by atoms with Crippen molar-refractivity contribution in [2.24, 2.45) is 4.99 Å². The van der Waals surface area contributed by atoms with Crippen LogP contribution in [0.2, 0.25) is 0 Å². The van der Waals surface area contributed by atoms with Gasteiger partial charge in [-0.2, -0.15) is 0 Å². The van der Waals surface area contributed by atoms with Crippen LogP contribution in [0, 0.1) is 20.8 Å². The fourth-order valence-corrected chi connectivity index (χ4v) is 5.25. The first kappa shape index (κ1) is 22.8. The molecule has 1 N–H and O–H groups in total. The van der Waals surface area contributed by atoms with Gasteiger partial charge in [0.2, 0.25) is 0 Å². The van der Waals surface area contributed by atoms with Crippen LogP contribution >= 0.6 is 11.3 Å². The van der Waals surface area contributed by atoms with Gasteiger partial charge in [-0.1, -0.05) is 24.3 Å². The van der Waals surface area contributed by atoms with E-state index in [4.69, 9.17) is 14.8 Å². The van der Waals surface area contributed by atoms with E-state index in [1.807, 2.05) is 35.8 Å². The maximum atomic E-state index is 12.2. The number of aliphatic imine (C=N–C) groups is 1. The van der Waals surface area contributed by atoms with Gasteiger partial charge in [0.05, 0.1) is 19.2 Å². The number of carbonyl (C=O) groups excluding carboxylic acids is 1. The van der Waals surface area contributed by atoms with Crippen molar-refractivity contribution >= 4 is 29.0 Å². The second-order valence-electron chi connectivity index (χ2n) is 8.12. The van der Waals surface area contributed by atoms with Gasteiger partial charge in [-0.15, -0.1) is 21.5 Å². The summed E-state index contributed by atoms with van der Waals surface area (Å²) in [7, 11) is 1.37. The molecule has 2 aromatic heterocycles. The average molecular weight is 467 g/mol. The Kier molecular flexibility index (Phi) is 6.42. The Hall–Kier alpha value is -3.33. The topological polar surface area (TPSA) is 107 Å². The van der Waals surface area contributed by atoms with Gasteiger partial charge in [0, 0.05) is 22.4 Å². The smallest absolute Gasteiger partial charge is 0.308 e. The van der Waals surface area contributed by atoms with Crippen LogP contribution in [0.25, 0.3) is 5.00 Å². The molecule has 9 heteroatoms. The molecule has 1 aromatic carbocycles. The maximum absolute atomic E-state index is 12.2. The van der Waals surface area contributed by atoms with Gasteiger partial charge in [-0.3, -0.25) is 19.1 Å². The molecule has 0 amide bonds. The van der Waals surface area contributed by atoms with Crippen LogP contribution in [0.3, 0.4) is 0 Å². The summed E-state index contributed by atoms with van der Waals surface area (Å²) in [6.07, 6.45) is 1.51. The average Bonchev–Trinajstić information content (AvgIpc) is 3.26. The zero-order valence-electron chi connectivity index (χ0n) is 19.1. The van der Waals surface area contributed by atoms with E-state index in [0.29, 0.717) is 18.7 Å². The first-order chi connectivity index (χ1) is 15.8. The Bertz CT molecular complexity index is 1240. The second-order valence-corrected chi connectivity index (χ2v) is 9.33. The van der Waals surface area contributed by atoms with Crippen LogP contribution < -0.4 is 0 Å². The number of aliphatic carboxylic acids is 1. The van der Waals surface area contributed by atoms with E-state index in [9.17, 15) is 9.59 Å². The highest BCUT2D eigenvalue weighted by molar-refractivity contribution is 7.15. The van der Waals surface area contributed by atoms with E-state index in [0.717, 1.165) is 38.8 Å². The zero-order chi connectivity index (χ0) is 23.7. The van der Waals surface area contributed by atoms with E-state index in [2.05, 4.69) is 24.0 Å². The Morgan fingerprint density at radius 1 is 1.15 bits per heavy atom. The zero-order valence-corrected chi connectivity index (χ0v) is 19.9. The molecule has 0 aliphatic carbocycles. The number of fused-ring (bicyclic) bond motifs is 3. The summed E-state index contributed by atoms with van der Waals surface area (Å²) < 4.78 is 6.93. The number of methoxy groups -OCH3 is 1. The molecule has 3 heterocycles. The number of rotatable bonds is 7. The molecule has 172 valence electrons. The van der Waals surface area contributed by atoms with Crippen molar-refractivity contribution in [1.29, 1.82) is 0 Å². The molecule has 4 rings (SSSR count). The van der Waals surface area contributed by atoms with Gasteiger partial charge in [-0.05, 0) is 44.7 Å². The number of hydrogen-bond acceptors (Lipinski definition) is 7. The third-order valence-electron chi connectivity index (χ3n) is 5.91. The Morgan fingerprint density at radius 2 is 1.88 bits per heavy atom. The van der Waals surface area contributed by atoms with Crippen molar-refractivity contribution in [1.82, 2.24) is 14.8 Å². The number of carbonyl (C=O) groups is 2. The van der Waals surface area contributed by atoms with Gasteiger partial charge < -0.3 is 9.84 Å². The molecule has 0 saturated carbocycles. The van der Waals surface area contributed by atoms with Crippen LogP contribution in [0.1, 0.15) is 64.1 Å². The van der Waals surface area contributed by atoms with Crippen LogP contribution in [0.4, 0.5) is 0 Å². The minimum Gasteiger partial charge on any atom is -0.481 e. The normalized spacial score (nSPS) is 14.8. The minimum absolute atomic E-state index is 0.0678. The molecule has 33 heavy (non-hydrogen) atoms. The van der Waals surface area contributed by atoms with E-state index in [-0.39, 0.29) is 18.8 Å². The molecule has 1 unspecified atom stereocenters. The predicted molar refractivity (Wildman–Crippen MR) is 125 cm³/mol. The molecule has 0 radical (unpaired) electrons. The SMILES string of the molecule is COC(=O)CC1N=C(c2ccc(CCCC(=O)O)cc2)c2c(sc(C)c2C)-n2c(C)nnc21. The van der Waals surface area contributed by atoms with E-state index < -0.39 is 12.0 Å². The van der Waals surface area contributed by atoms with E-state index in [1.54, 1.807) is 11.3 Å². The number of aryl methyl sites for hydroxylation is 3. The van der Waals surface area contributed by atoms with Crippen molar-refractivity contribution in [2.45, 2.75) is 52.5 Å². The highest BCUT2D eigenvalue weighted by atomic mass is 32.1. The standard InChI is InChI=1S/C24H26N4O4S/c1-13-14(2)33-24-21(13)22(17-10-8-16(9-11-17)6-5-7-19(29)30)25-18(12-20(31)32-4)23-27-26-15(3)28(23)24/h8-11,18H,5-7,12H2,1-4H3,(H,29,30). The summed E-state index contributed by atoms with van der Waals surface area (Å²) in [6, 6.07) is 7.53. The van der Waals surface area contributed by atoms with Gasteiger partial charge in [-0.25, -0.2) is 0 Å². The summed E-state index contributed by atoms with van der Waals surface area (Å²) in [6.45, 7) is 6.07. The Morgan fingerprint density at radius 3 is 2.55 bits per heavy atom. The van der Waals surface area contributed by atoms with Crippen molar-refractivity contribution in [2.75, 3.05) is 7.11 Å². The summed E-state index contributed by atoms with van der Waals surface area (Å²) >= 11 is 1.66. The largest absolute Gasteiger partial charge is 0.481 e. The molecule has 8 nitrogen and oxygen atoms in total. The summed E-state index contributed by atoms with van der Waals surface area (Å²) in [5.74, 6) is 0.227. The molecule has 1 aliphatic rings. The number of thiophene rings is 1. The lowest BCUT2D eigenvalue weighted by molar-refractivity contribution is -0.141. The molecular formula is C24H26N4O4S. The molecule has 1 aliphatic heterocycles. The number of hydrogen-bond donors (Lipinski definition) is 1. The highest BCUT2D eigenvalue weighted by Crippen LogP contribution is 2.39. The number of nitrogens with zero attached hydrogens (tertiary/aromatic N) is 4. The lowest BCUT2D eigenvalue weighted by Crippen LogP contribution is -2.12. The molecule has 1 atom stereocenters. The monoisotopic (exact) mass is 466 g/mol. The maximum Gasteiger partial charge on any atom is 0.308 e. The van der Waals surface area contributed by atoms with Crippen LogP contribution in [0.5, 0.6) is 0 Å². The minimum atomic E-state index is -0.783. The summed E-state index contributed by atoms with van der Waals surface area (Å²) in [5.41, 5.74) is 4.98. The van der Waals surface area contributed by atoms with Gasteiger partial charge in [0.25, 0.3) is 0 Å². The fraction of sp³-hybridized carbons (Fsp3) is 0.375. The van der Waals surface area contributed by atoms with E-state index in [1.165, 1.54) is 12.0 Å². The Balaban J connectivity index is 1.80. The third kappa shape index (κ3) is 4.45. The number of carboxylic acid groups (broad SMARTS) is 1. The Labute approximate surface area is 196 Å². The van der Waals surface area contributed by atoms with Crippen LogP contribution in [-0.2, 0) is 20.7 Å². The lowest BCUT2D eigenvalue weighted by Gasteiger charge is -2.12. The van der Waals surface area contributed by atoms with Crippen molar-refractivity contribution in [3.05, 3.63) is 63.0 Å². The first-order valence-corrected chi connectivity index (χ1v) is 11.6. The molecule has 0 fully saturated rings. The van der Waals surface area contributed by atoms with Crippen molar-refractivity contribution in [3.8, 4) is 5.00 Å². The number of benzene rings is 1. The van der Waals surface area contributed by atoms with Crippen molar-refractivity contribution < 1.29 is 19.4 Å². The molecular weight excluding hydrogens is 440 g/mol. The number of carboxylic acids is 1. The second kappa shape index (κ2) is 9.27. The lowest BCUT2D eigenvalue weighted by atomic mass is 9.97. The van der Waals surface area contributed by atoms with E-state index >= 15 is 0 Å². The predicted octanol–water partition coefficient (Wildman–Crippen LogP) is 4.12. The first-order valence-electron chi connectivity index (χ1n) is 10.8. The summed E-state index contributed by atoms with van der Waals surface area (Å²) in [4.78, 5) is 29.2. The fourth-order valence-electron chi connectivity index (χ4n) is 4.04. The van der Waals surface area contributed by atoms with Crippen LogP contribution in [-0.4, -0.2) is 44.6 Å². The molecule has 0 spiro atoms. The van der Waals surface area contributed by atoms with Crippen LogP contribution in [0.15, 0.2) is 29.3 Å². The summed E-state index contributed by atoms with van der Waals surface area (Å²) in [5, 5.41) is 18.5. The molecule has 0 saturated heterocycles. The third-order valence-corrected chi connectivity index (χ3v) is 7.10. The van der Waals surface area contributed by atoms with Crippen molar-refractivity contribution in [3.63, 3.8) is 0 Å². The highest BCUT2D eigenvalue weighted by Gasteiger charge is 2.32. The molecule has 3 aromatic rings. The van der Waals surface area contributed by atoms with Gasteiger partial charge in [0.1, 0.15) is 16.9 Å². The number of aromatic nitrogens is 3. The molecule has 0 bridgehead atoms. The van der Waals surface area contributed by atoms with Gasteiger partial charge >= 0.3 is 11.9 Å². The quantitative estimate of drug-likeness (QED) is 0.525.